The lowest BCUT2D eigenvalue weighted by atomic mass is 9.84. The molecule has 1 aliphatic rings. The molecule has 1 N–H and O–H groups in total. The minimum absolute atomic E-state index is 0.0211. The normalized spacial score (nSPS) is 15.7. The van der Waals surface area contributed by atoms with Gasteiger partial charge >= 0.3 is 0 Å². The minimum atomic E-state index is -0.0999. The van der Waals surface area contributed by atoms with Crippen molar-refractivity contribution < 1.29 is 4.39 Å². The maximum absolute atomic E-state index is 13.8. The van der Waals surface area contributed by atoms with E-state index in [9.17, 15) is 4.39 Å². The number of hydrogen-bond acceptors (Lipinski definition) is 1. The summed E-state index contributed by atoms with van der Waals surface area (Å²) in [4.78, 5) is 0. The Bertz CT molecular complexity index is 377. The number of hydrogen-bond donors (Lipinski definition) is 1. The van der Waals surface area contributed by atoms with Crippen LogP contribution in [0.5, 0.6) is 0 Å². The minimum Gasteiger partial charge on any atom is -0.382 e. The molecule has 0 amide bonds. The summed E-state index contributed by atoms with van der Waals surface area (Å²) in [7, 11) is 0. The van der Waals surface area contributed by atoms with Gasteiger partial charge in [-0.1, -0.05) is 26.8 Å². The molecule has 0 spiro atoms. The van der Waals surface area contributed by atoms with Gasteiger partial charge in [0.1, 0.15) is 5.82 Å². The summed E-state index contributed by atoms with van der Waals surface area (Å²) >= 11 is 0. The number of rotatable bonds is 0. The molecule has 0 unspecified atom stereocenters. The summed E-state index contributed by atoms with van der Waals surface area (Å²) in [6.07, 6.45) is 2.09. The van der Waals surface area contributed by atoms with Gasteiger partial charge in [0.15, 0.2) is 0 Å². The van der Waals surface area contributed by atoms with E-state index in [4.69, 9.17) is 0 Å². The molecule has 1 aliphatic heterocycles. The first-order chi connectivity index (χ1) is 6.98. The van der Waals surface area contributed by atoms with E-state index < -0.39 is 0 Å². The van der Waals surface area contributed by atoms with Crippen LogP contribution in [0.15, 0.2) is 12.1 Å². The summed E-state index contributed by atoms with van der Waals surface area (Å²) in [5.74, 6) is -0.0999. The van der Waals surface area contributed by atoms with Gasteiger partial charge in [0, 0.05) is 6.54 Å². The van der Waals surface area contributed by atoms with Crippen LogP contribution in [-0.4, -0.2) is 6.54 Å². The van der Waals surface area contributed by atoms with Crippen molar-refractivity contribution in [3.05, 3.63) is 29.1 Å². The molecule has 1 aromatic rings. The van der Waals surface area contributed by atoms with Crippen LogP contribution in [-0.2, 0) is 11.8 Å². The van der Waals surface area contributed by atoms with E-state index in [0.717, 1.165) is 30.5 Å². The largest absolute Gasteiger partial charge is 0.382 e. The number of anilines is 1. The number of fused-ring (bicyclic) bond motifs is 1. The van der Waals surface area contributed by atoms with Crippen LogP contribution in [0.4, 0.5) is 10.1 Å². The van der Waals surface area contributed by atoms with Crippen LogP contribution in [0.2, 0.25) is 0 Å². The quantitative estimate of drug-likeness (QED) is 0.686. The Kier molecular flexibility index (Phi) is 2.45. The highest BCUT2D eigenvalue weighted by atomic mass is 19.1. The molecule has 1 heterocycles. The van der Waals surface area contributed by atoms with Crippen molar-refractivity contribution in [1.29, 1.82) is 0 Å². The molecule has 15 heavy (non-hydrogen) atoms. The van der Waals surface area contributed by atoms with Crippen LogP contribution in [0.3, 0.4) is 0 Å². The molecule has 0 atom stereocenters. The summed E-state index contributed by atoms with van der Waals surface area (Å²) in [5.41, 5.74) is 2.95. The van der Waals surface area contributed by atoms with Crippen molar-refractivity contribution in [1.82, 2.24) is 0 Å². The van der Waals surface area contributed by atoms with E-state index in [0.29, 0.717) is 5.69 Å². The van der Waals surface area contributed by atoms with Crippen molar-refractivity contribution >= 4 is 5.69 Å². The van der Waals surface area contributed by atoms with Crippen molar-refractivity contribution in [3.63, 3.8) is 0 Å². The Balaban J connectivity index is 2.50. The second-order valence-corrected chi connectivity index (χ2v) is 5.27. The molecular formula is C13H18FN. The molecule has 0 bridgehead atoms. The van der Waals surface area contributed by atoms with E-state index in [1.807, 2.05) is 0 Å². The van der Waals surface area contributed by atoms with Gasteiger partial charge in [0.25, 0.3) is 0 Å². The third kappa shape index (κ3) is 1.99. The summed E-state index contributed by atoms with van der Waals surface area (Å²) in [6.45, 7) is 7.23. The van der Waals surface area contributed by atoms with Crippen LogP contribution in [0.25, 0.3) is 0 Å². The Morgan fingerprint density at radius 1 is 1.27 bits per heavy atom. The molecule has 0 radical (unpaired) electrons. The molecule has 0 aromatic heterocycles. The predicted molar refractivity (Wildman–Crippen MR) is 61.9 cm³/mol. The number of halogens is 1. The lowest BCUT2D eigenvalue weighted by molar-refractivity contribution is 0.569. The zero-order valence-corrected chi connectivity index (χ0v) is 9.65. The van der Waals surface area contributed by atoms with Gasteiger partial charge in [-0.2, -0.15) is 0 Å². The lowest BCUT2D eigenvalue weighted by Gasteiger charge is -2.24. The van der Waals surface area contributed by atoms with Crippen LogP contribution < -0.4 is 5.32 Å². The number of nitrogens with one attached hydrogen (secondary N) is 1. The standard InChI is InChI=1S/C13H18FN/c1-13(2,3)10-7-9-5-4-6-15-12(9)11(14)8-10/h7-8,15H,4-6H2,1-3H3. The first kappa shape index (κ1) is 10.5. The molecule has 2 heteroatoms. The fraction of sp³-hybridized carbons (Fsp3) is 0.538. The third-order valence-corrected chi connectivity index (χ3v) is 2.96. The van der Waals surface area contributed by atoms with Crippen molar-refractivity contribution in [3.8, 4) is 0 Å². The molecule has 0 saturated carbocycles. The second kappa shape index (κ2) is 3.51. The maximum atomic E-state index is 13.8. The van der Waals surface area contributed by atoms with Crippen molar-refractivity contribution in [2.24, 2.45) is 0 Å². The van der Waals surface area contributed by atoms with Gasteiger partial charge in [-0.25, -0.2) is 4.39 Å². The Morgan fingerprint density at radius 3 is 2.67 bits per heavy atom. The predicted octanol–water partition coefficient (Wildman–Crippen LogP) is 3.48. The third-order valence-electron chi connectivity index (χ3n) is 2.96. The lowest BCUT2D eigenvalue weighted by Crippen LogP contribution is -2.17. The van der Waals surface area contributed by atoms with E-state index in [1.54, 1.807) is 6.07 Å². The zero-order chi connectivity index (χ0) is 11.1. The molecule has 0 saturated heterocycles. The smallest absolute Gasteiger partial charge is 0.146 e. The second-order valence-electron chi connectivity index (χ2n) is 5.27. The molecule has 1 nitrogen and oxygen atoms in total. The van der Waals surface area contributed by atoms with E-state index in [-0.39, 0.29) is 11.2 Å². The Hall–Kier alpha value is -1.05. The van der Waals surface area contributed by atoms with Gasteiger partial charge < -0.3 is 5.32 Å². The maximum Gasteiger partial charge on any atom is 0.146 e. The highest BCUT2D eigenvalue weighted by Crippen LogP contribution is 2.31. The molecule has 2 rings (SSSR count). The molecular weight excluding hydrogens is 189 g/mol. The first-order valence-corrected chi connectivity index (χ1v) is 5.55. The highest BCUT2D eigenvalue weighted by Gasteiger charge is 2.20. The molecule has 82 valence electrons. The van der Waals surface area contributed by atoms with Crippen LogP contribution in [0, 0.1) is 5.82 Å². The number of aryl methyl sites for hydroxylation is 1. The fourth-order valence-corrected chi connectivity index (χ4v) is 1.98. The SMILES string of the molecule is CC(C)(C)c1cc(F)c2c(c1)CCCN2. The monoisotopic (exact) mass is 207 g/mol. The summed E-state index contributed by atoms with van der Waals surface area (Å²) in [5, 5.41) is 3.13. The van der Waals surface area contributed by atoms with E-state index in [2.05, 4.69) is 32.2 Å². The highest BCUT2D eigenvalue weighted by molar-refractivity contribution is 5.56. The van der Waals surface area contributed by atoms with Crippen LogP contribution >= 0.6 is 0 Å². The van der Waals surface area contributed by atoms with Gasteiger partial charge in [0.2, 0.25) is 0 Å². The Morgan fingerprint density at radius 2 is 2.00 bits per heavy atom. The van der Waals surface area contributed by atoms with Crippen LogP contribution in [0.1, 0.15) is 38.3 Å². The van der Waals surface area contributed by atoms with Crippen molar-refractivity contribution in [2.75, 3.05) is 11.9 Å². The van der Waals surface area contributed by atoms with Gasteiger partial charge in [-0.05, 0) is 35.4 Å². The van der Waals surface area contributed by atoms with Gasteiger partial charge in [-0.15, -0.1) is 0 Å². The first-order valence-electron chi connectivity index (χ1n) is 5.55. The summed E-state index contributed by atoms with van der Waals surface area (Å²) < 4.78 is 13.8. The van der Waals surface area contributed by atoms with Crippen molar-refractivity contribution in [2.45, 2.75) is 39.0 Å². The number of benzene rings is 1. The average Bonchev–Trinajstić information content (AvgIpc) is 2.16. The van der Waals surface area contributed by atoms with Gasteiger partial charge in [0.05, 0.1) is 5.69 Å². The zero-order valence-electron chi connectivity index (χ0n) is 9.65. The molecule has 0 aliphatic carbocycles. The average molecular weight is 207 g/mol. The summed E-state index contributed by atoms with van der Waals surface area (Å²) in [6, 6.07) is 3.81. The molecule has 0 fully saturated rings. The van der Waals surface area contributed by atoms with Gasteiger partial charge in [-0.3, -0.25) is 0 Å². The molecule has 1 aromatic carbocycles. The fourth-order valence-electron chi connectivity index (χ4n) is 1.98. The topological polar surface area (TPSA) is 12.0 Å². The van der Waals surface area contributed by atoms with E-state index >= 15 is 0 Å². The van der Waals surface area contributed by atoms with E-state index in [1.165, 1.54) is 0 Å². The Labute approximate surface area is 90.7 Å².